The van der Waals surface area contributed by atoms with Gasteiger partial charge in [-0.15, -0.1) is 0 Å². The predicted octanol–water partition coefficient (Wildman–Crippen LogP) is 2.20. The van der Waals surface area contributed by atoms with Crippen LogP contribution in [0.3, 0.4) is 0 Å². The van der Waals surface area contributed by atoms with E-state index >= 15 is 0 Å². The molecule has 0 aliphatic carbocycles. The highest BCUT2D eigenvalue weighted by atomic mass is 19.1. The van der Waals surface area contributed by atoms with E-state index in [1.165, 1.54) is 25.2 Å². The van der Waals surface area contributed by atoms with Gasteiger partial charge in [0.2, 0.25) is 0 Å². The topological polar surface area (TPSA) is 72.6 Å². The molecule has 2 amide bonds. The Labute approximate surface area is 138 Å². The molecule has 0 bridgehead atoms. The van der Waals surface area contributed by atoms with Crippen molar-refractivity contribution >= 4 is 17.5 Å². The number of fused-ring (bicyclic) bond motifs is 1. The monoisotopic (exact) mass is 328 g/mol. The summed E-state index contributed by atoms with van der Waals surface area (Å²) >= 11 is 0. The highest BCUT2D eigenvalue weighted by Gasteiger charge is 2.32. The highest BCUT2D eigenvalue weighted by molar-refractivity contribution is 6.05. The van der Waals surface area contributed by atoms with E-state index < -0.39 is 23.7 Å². The van der Waals surface area contributed by atoms with Crippen LogP contribution in [-0.4, -0.2) is 25.5 Å². The van der Waals surface area contributed by atoms with E-state index in [-0.39, 0.29) is 11.3 Å². The molecular formula is C18H17FN2O3. The largest absolute Gasteiger partial charge is 0.366 e. The van der Waals surface area contributed by atoms with Gasteiger partial charge in [0, 0.05) is 7.05 Å². The van der Waals surface area contributed by atoms with E-state index in [2.05, 4.69) is 0 Å². The zero-order valence-corrected chi connectivity index (χ0v) is 13.2. The number of rotatable bonds is 3. The Bertz CT molecular complexity index is 807. The van der Waals surface area contributed by atoms with Crippen LogP contribution in [0.25, 0.3) is 0 Å². The lowest BCUT2D eigenvalue weighted by Gasteiger charge is -2.29. The fraction of sp³-hybridized carbons (Fsp3) is 0.222. The minimum atomic E-state index is -0.833. The van der Waals surface area contributed by atoms with Crippen LogP contribution >= 0.6 is 0 Å². The first-order chi connectivity index (χ1) is 11.5. The Morgan fingerprint density at radius 2 is 1.96 bits per heavy atom. The van der Waals surface area contributed by atoms with Crippen molar-refractivity contribution in [3.05, 3.63) is 65.0 Å². The first-order valence-corrected chi connectivity index (χ1v) is 7.56. The normalized spacial score (nSPS) is 16.3. The Balaban J connectivity index is 1.99. The fourth-order valence-corrected chi connectivity index (χ4v) is 2.94. The second kappa shape index (κ2) is 6.41. The quantitative estimate of drug-likeness (QED) is 0.939. The van der Waals surface area contributed by atoms with Gasteiger partial charge in [-0.25, -0.2) is 4.39 Å². The Kier molecular flexibility index (Phi) is 4.31. The molecule has 2 N–H and O–H groups in total. The number of carbonyl (C=O) groups excluding carboxylic acids is 2. The summed E-state index contributed by atoms with van der Waals surface area (Å²) in [5.41, 5.74) is 6.91. The minimum Gasteiger partial charge on any atom is -0.366 e. The van der Waals surface area contributed by atoms with Crippen LogP contribution < -0.4 is 10.6 Å². The third kappa shape index (κ3) is 2.76. The molecule has 0 radical (unpaired) electrons. The second-order valence-corrected chi connectivity index (χ2v) is 5.60. The number of primary amides is 1. The average molecular weight is 328 g/mol. The number of hydrogen-bond donors (Lipinski definition) is 1. The number of para-hydroxylation sites is 1. The van der Waals surface area contributed by atoms with Gasteiger partial charge in [0.1, 0.15) is 5.82 Å². The smallest absolute Gasteiger partial charge is 0.260 e. The van der Waals surface area contributed by atoms with Crippen molar-refractivity contribution in [2.75, 3.05) is 18.6 Å². The average Bonchev–Trinajstić information content (AvgIpc) is 2.59. The lowest BCUT2D eigenvalue weighted by molar-refractivity contribution is -0.131. The molecular weight excluding hydrogens is 311 g/mol. The fourth-order valence-electron chi connectivity index (χ4n) is 2.94. The number of carbonyl (C=O) groups is 2. The minimum absolute atomic E-state index is 0.0463. The molecule has 5 nitrogen and oxygen atoms in total. The molecule has 1 atom stereocenters. The summed E-state index contributed by atoms with van der Waals surface area (Å²) in [6.07, 6.45) is -0.115. The van der Waals surface area contributed by atoms with Crippen LogP contribution in [0.2, 0.25) is 0 Å². The van der Waals surface area contributed by atoms with Crippen LogP contribution in [0.5, 0.6) is 0 Å². The lowest BCUT2D eigenvalue weighted by atomic mass is 9.96. The van der Waals surface area contributed by atoms with Gasteiger partial charge in [0.05, 0.1) is 17.9 Å². The molecule has 3 rings (SSSR count). The van der Waals surface area contributed by atoms with E-state index in [0.717, 1.165) is 22.4 Å². The lowest BCUT2D eigenvalue weighted by Crippen LogP contribution is -2.37. The van der Waals surface area contributed by atoms with Gasteiger partial charge in [0.15, 0.2) is 6.10 Å². The third-order valence-corrected chi connectivity index (χ3v) is 4.14. The number of anilines is 1. The molecule has 2 aromatic rings. The van der Waals surface area contributed by atoms with Crippen molar-refractivity contribution in [3.63, 3.8) is 0 Å². The zero-order chi connectivity index (χ0) is 17.3. The molecule has 0 spiro atoms. The maximum absolute atomic E-state index is 14.2. The van der Waals surface area contributed by atoms with Crippen LogP contribution in [0.4, 0.5) is 10.1 Å². The standard InChI is InChI=1S/C18H17FN2O3/c1-21(15-13(17(20)22)7-4-8-14(15)19)18(23)16-12-6-3-2-5-11(12)9-10-24-16/h2-8,16H,9-10H2,1H3,(H2,20,22)/t16-/m0/s1. The molecule has 0 fully saturated rings. The number of amides is 2. The number of nitrogens with zero attached hydrogens (tertiary/aromatic N) is 1. The summed E-state index contributed by atoms with van der Waals surface area (Å²) in [5.74, 6) is -1.94. The van der Waals surface area contributed by atoms with Crippen molar-refractivity contribution in [2.24, 2.45) is 5.73 Å². The first-order valence-electron chi connectivity index (χ1n) is 7.56. The molecule has 0 saturated carbocycles. The summed E-state index contributed by atoms with van der Waals surface area (Å²) in [5, 5.41) is 0. The first kappa shape index (κ1) is 16.1. The van der Waals surface area contributed by atoms with Crippen LogP contribution in [0, 0.1) is 5.82 Å². The van der Waals surface area contributed by atoms with Crippen molar-refractivity contribution in [1.82, 2.24) is 0 Å². The Hall–Kier alpha value is -2.73. The number of likely N-dealkylation sites (N-methyl/N-ethyl adjacent to an activating group) is 1. The Morgan fingerprint density at radius 1 is 1.21 bits per heavy atom. The zero-order valence-electron chi connectivity index (χ0n) is 13.2. The van der Waals surface area contributed by atoms with Gasteiger partial charge in [-0.3, -0.25) is 9.59 Å². The molecule has 0 unspecified atom stereocenters. The highest BCUT2D eigenvalue weighted by Crippen LogP contribution is 2.31. The van der Waals surface area contributed by atoms with E-state index in [0.29, 0.717) is 6.61 Å². The summed E-state index contributed by atoms with van der Waals surface area (Å²) in [6.45, 7) is 0.404. The number of ether oxygens (including phenoxy) is 1. The summed E-state index contributed by atoms with van der Waals surface area (Å²) in [7, 11) is 1.41. The SMILES string of the molecule is CN(C(=O)[C@H]1OCCc2ccccc21)c1c(F)cccc1C(N)=O. The van der Waals surface area contributed by atoms with Crippen molar-refractivity contribution < 1.29 is 18.7 Å². The molecule has 2 aromatic carbocycles. The van der Waals surface area contributed by atoms with Gasteiger partial charge in [-0.05, 0) is 29.7 Å². The van der Waals surface area contributed by atoms with Crippen molar-refractivity contribution in [2.45, 2.75) is 12.5 Å². The maximum atomic E-state index is 14.2. The van der Waals surface area contributed by atoms with E-state index in [1.807, 2.05) is 24.3 Å². The molecule has 124 valence electrons. The molecule has 0 aromatic heterocycles. The van der Waals surface area contributed by atoms with Gasteiger partial charge in [0.25, 0.3) is 11.8 Å². The molecule has 1 aliphatic heterocycles. The van der Waals surface area contributed by atoms with Crippen LogP contribution in [0.1, 0.15) is 27.6 Å². The molecule has 6 heteroatoms. The van der Waals surface area contributed by atoms with Gasteiger partial charge < -0.3 is 15.4 Å². The Morgan fingerprint density at radius 3 is 2.71 bits per heavy atom. The molecule has 0 saturated heterocycles. The number of benzene rings is 2. The third-order valence-electron chi connectivity index (χ3n) is 4.14. The second-order valence-electron chi connectivity index (χ2n) is 5.60. The van der Waals surface area contributed by atoms with Gasteiger partial charge in [-0.1, -0.05) is 30.3 Å². The number of nitrogens with two attached hydrogens (primary N) is 1. The molecule has 1 aliphatic rings. The maximum Gasteiger partial charge on any atom is 0.260 e. The summed E-state index contributed by atoms with van der Waals surface area (Å²) in [6, 6.07) is 11.4. The van der Waals surface area contributed by atoms with E-state index in [4.69, 9.17) is 10.5 Å². The predicted molar refractivity (Wildman–Crippen MR) is 87.2 cm³/mol. The van der Waals surface area contributed by atoms with Crippen molar-refractivity contribution in [3.8, 4) is 0 Å². The molecule has 24 heavy (non-hydrogen) atoms. The van der Waals surface area contributed by atoms with E-state index in [9.17, 15) is 14.0 Å². The number of hydrogen-bond acceptors (Lipinski definition) is 3. The van der Waals surface area contributed by atoms with Gasteiger partial charge in [-0.2, -0.15) is 0 Å². The van der Waals surface area contributed by atoms with Crippen LogP contribution in [0.15, 0.2) is 42.5 Å². The summed E-state index contributed by atoms with van der Waals surface area (Å²) < 4.78 is 19.9. The van der Waals surface area contributed by atoms with Crippen molar-refractivity contribution in [1.29, 1.82) is 0 Å². The van der Waals surface area contributed by atoms with Gasteiger partial charge >= 0.3 is 0 Å². The van der Waals surface area contributed by atoms with E-state index in [1.54, 1.807) is 0 Å². The number of halogens is 1. The van der Waals surface area contributed by atoms with Crippen LogP contribution in [-0.2, 0) is 16.0 Å². The molecule has 1 heterocycles. The summed E-state index contributed by atoms with van der Waals surface area (Å²) in [4.78, 5) is 25.5.